The highest BCUT2D eigenvalue weighted by Gasteiger charge is 2.23. The van der Waals surface area contributed by atoms with Gasteiger partial charge in [-0.05, 0) is 19.1 Å². The number of aromatic amines is 1. The first-order valence-corrected chi connectivity index (χ1v) is 7.84. The number of benzene rings is 1. The van der Waals surface area contributed by atoms with E-state index in [0.29, 0.717) is 11.5 Å². The first-order chi connectivity index (χ1) is 12.1. The molecule has 0 fully saturated rings. The van der Waals surface area contributed by atoms with Gasteiger partial charge in [0, 0.05) is 42.1 Å². The summed E-state index contributed by atoms with van der Waals surface area (Å²) < 4.78 is 5.28. The maximum Gasteiger partial charge on any atom is 0.326 e. The molecule has 1 N–H and O–H groups in total. The Bertz CT molecular complexity index is 891. The summed E-state index contributed by atoms with van der Waals surface area (Å²) in [5.41, 5.74) is 1.38. The van der Waals surface area contributed by atoms with Crippen molar-refractivity contribution in [3.8, 4) is 0 Å². The topological polar surface area (TPSA) is 88.2 Å². The third kappa shape index (κ3) is 3.65. The van der Waals surface area contributed by atoms with E-state index in [9.17, 15) is 9.59 Å². The standard InChI is InChI=1S/C18H18N4O3/c1-12(17(24)14-10-21-15-7-4-3-6-13(14)15)25-16(23)11-22(2)18-19-8-5-9-20-18/h3-10,12,21H,11H2,1-2H3/t12-/m0/s1. The zero-order valence-corrected chi connectivity index (χ0v) is 14.0. The smallest absolute Gasteiger partial charge is 0.326 e. The highest BCUT2D eigenvalue weighted by molar-refractivity contribution is 6.10. The molecule has 1 aromatic carbocycles. The van der Waals surface area contributed by atoms with Gasteiger partial charge in [-0.1, -0.05) is 18.2 Å². The van der Waals surface area contributed by atoms with Gasteiger partial charge in [0.1, 0.15) is 6.54 Å². The van der Waals surface area contributed by atoms with Gasteiger partial charge in [-0.3, -0.25) is 9.59 Å². The van der Waals surface area contributed by atoms with Crippen LogP contribution < -0.4 is 4.90 Å². The molecule has 7 nitrogen and oxygen atoms in total. The summed E-state index contributed by atoms with van der Waals surface area (Å²) in [7, 11) is 1.68. The maximum atomic E-state index is 12.6. The Kier molecular flexibility index (Phi) is 4.74. The lowest BCUT2D eigenvalue weighted by molar-refractivity contribution is -0.144. The van der Waals surface area contributed by atoms with Gasteiger partial charge in [0.2, 0.25) is 11.7 Å². The second kappa shape index (κ2) is 7.12. The molecule has 128 valence electrons. The van der Waals surface area contributed by atoms with Gasteiger partial charge in [-0.25, -0.2) is 9.97 Å². The van der Waals surface area contributed by atoms with Gasteiger partial charge >= 0.3 is 5.97 Å². The Balaban J connectivity index is 1.64. The average Bonchev–Trinajstić information content (AvgIpc) is 3.05. The van der Waals surface area contributed by atoms with Gasteiger partial charge < -0.3 is 14.6 Å². The second-order valence-electron chi connectivity index (χ2n) is 5.65. The lowest BCUT2D eigenvalue weighted by Crippen LogP contribution is -2.32. The molecule has 2 heterocycles. The first-order valence-electron chi connectivity index (χ1n) is 7.84. The van der Waals surface area contributed by atoms with E-state index in [0.717, 1.165) is 10.9 Å². The number of nitrogens with zero attached hydrogens (tertiary/aromatic N) is 3. The van der Waals surface area contributed by atoms with Crippen molar-refractivity contribution in [2.45, 2.75) is 13.0 Å². The van der Waals surface area contributed by atoms with Gasteiger partial charge in [0.25, 0.3) is 0 Å². The zero-order valence-electron chi connectivity index (χ0n) is 14.0. The fourth-order valence-corrected chi connectivity index (χ4v) is 2.54. The molecule has 0 bridgehead atoms. The number of H-pyrrole nitrogens is 1. The van der Waals surface area contributed by atoms with E-state index in [1.807, 2.05) is 24.3 Å². The number of ketones is 1. The van der Waals surface area contributed by atoms with Crippen LogP contribution in [0.25, 0.3) is 10.9 Å². The van der Waals surface area contributed by atoms with Crippen LogP contribution in [0, 0.1) is 0 Å². The number of fused-ring (bicyclic) bond motifs is 1. The predicted molar refractivity (Wildman–Crippen MR) is 93.5 cm³/mol. The van der Waals surface area contributed by atoms with Crippen LogP contribution in [0.1, 0.15) is 17.3 Å². The molecule has 0 aliphatic carbocycles. The van der Waals surface area contributed by atoms with Crippen molar-refractivity contribution in [2.75, 3.05) is 18.5 Å². The molecule has 0 saturated heterocycles. The lowest BCUT2D eigenvalue weighted by atomic mass is 10.1. The summed E-state index contributed by atoms with van der Waals surface area (Å²) in [6.45, 7) is 1.52. The quantitative estimate of drug-likeness (QED) is 0.548. The minimum absolute atomic E-state index is 0.0461. The largest absolute Gasteiger partial charge is 0.453 e. The molecule has 0 saturated carbocycles. The summed E-state index contributed by atoms with van der Waals surface area (Å²) in [6, 6.07) is 9.18. The summed E-state index contributed by atoms with van der Waals surface area (Å²) in [4.78, 5) is 37.4. The molecule has 0 spiro atoms. The number of Topliss-reactive ketones (excluding diaryl/α,β-unsaturated/α-hetero) is 1. The molecule has 3 aromatic rings. The summed E-state index contributed by atoms with van der Waals surface area (Å²) >= 11 is 0. The SMILES string of the molecule is C[C@H](OC(=O)CN(C)c1ncccn1)C(=O)c1c[nH]c2ccccc12. The minimum atomic E-state index is -0.878. The number of para-hydroxylation sites is 1. The van der Waals surface area contributed by atoms with E-state index < -0.39 is 12.1 Å². The molecule has 25 heavy (non-hydrogen) atoms. The molecular formula is C18H18N4O3. The fraction of sp³-hybridized carbons (Fsp3) is 0.222. The molecule has 0 amide bonds. The highest BCUT2D eigenvalue weighted by atomic mass is 16.5. The van der Waals surface area contributed by atoms with Crippen LogP contribution in [0.4, 0.5) is 5.95 Å². The number of nitrogens with one attached hydrogen (secondary N) is 1. The zero-order chi connectivity index (χ0) is 17.8. The fourth-order valence-electron chi connectivity index (χ4n) is 2.54. The van der Waals surface area contributed by atoms with Crippen LogP contribution in [0.3, 0.4) is 0 Å². The number of anilines is 1. The van der Waals surface area contributed by atoms with E-state index in [1.54, 1.807) is 43.5 Å². The van der Waals surface area contributed by atoms with Crippen molar-refractivity contribution in [2.24, 2.45) is 0 Å². The van der Waals surface area contributed by atoms with Crippen LogP contribution in [-0.4, -0.2) is 46.4 Å². The van der Waals surface area contributed by atoms with Crippen molar-refractivity contribution < 1.29 is 14.3 Å². The van der Waals surface area contributed by atoms with Gasteiger partial charge in [0.15, 0.2) is 6.10 Å². The maximum absolute atomic E-state index is 12.6. The van der Waals surface area contributed by atoms with Crippen LogP contribution in [0.15, 0.2) is 48.9 Å². The number of likely N-dealkylation sites (N-methyl/N-ethyl adjacent to an activating group) is 1. The van der Waals surface area contributed by atoms with Crippen LogP contribution in [0.2, 0.25) is 0 Å². The Hall–Kier alpha value is -3.22. The van der Waals surface area contributed by atoms with Crippen LogP contribution in [-0.2, 0) is 9.53 Å². The molecule has 0 radical (unpaired) electrons. The Morgan fingerprint density at radius 2 is 1.92 bits per heavy atom. The second-order valence-corrected chi connectivity index (χ2v) is 5.65. The molecule has 7 heteroatoms. The number of aromatic nitrogens is 3. The number of hydrogen-bond acceptors (Lipinski definition) is 6. The number of carbonyl (C=O) groups is 2. The van der Waals surface area contributed by atoms with Gasteiger partial charge in [0.05, 0.1) is 0 Å². The normalized spacial score (nSPS) is 11.9. The Labute approximate surface area is 144 Å². The first kappa shape index (κ1) is 16.6. The number of rotatable bonds is 6. The molecular weight excluding hydrogens is 320 g/mol. The van der Waals surface area contributed by atoms with Gasteiger partial charge in [-0.15, -0.1) is 0 Å². The van der Waals surface area contributed by atoms with Crippen LogP contribution >= 0.6 is 0 Å². The molecule has 3 rings (SSSR count). The van der Waals surface area contributed by atoms with E-state index >= 15 is 0 Å². The van der Waals surface area contributed by atoms with Gasteiger partial charge in [-0.2, -0.15) is 0 Å². The van der Waals surface area contributed by atoms with E-state index in [2.05, 4.69) is 15.0 Å². The van der Waals surface area contributed by atoms with E-state index in [1.165, 1.54) is 0 Å². The van der Waals surface area contributed by atoms with Crippen molar-refractivity contribution in [3.63, 3.8) is 0 Å². The minimum Gasteiger partial charge on any atom is -0.453 e. The Morgan fingerprint density at radius 3 is 2.68 bits per heavy atom. The molecule has 2 aromatic heterocycles. The molecule has 0 unspecified atom stereocenters. The summed E-state index contributed by atoms with van der Waals surface area (Å²) in [5, 5.41) is 0.810. The summed E-state index contributed by atoms with van der Waals surface area (Å²) in [5.74, 6) is -0.352. The lowest BCUT2D eigenvalue weighted by Gasteiger charge is -2.17. The van der Waals surface area contributed by atoms with Crippen molar-refractivity contribution >= 4 is 28.6 Å². The third-order valence-electron chi connectivity index (χ3n) is 3.79. The highest BCUT2D eigenvalue weighted by Crippen LogP contribution is 2.20. The number of hydrogen-bond donors (Lipinski definition) is 1. The monoisotopic (exact) mass is 338 g/mol. The molecule has 0 aliphatic heterocycles. The van der Waals surface area contributed by atoms with Crippen LogP contribution in [0.5, 0.6) is 0 Å². The van der Waals surface area contributed by atoms with Crippen molar-refractivity contribution in [1.29, 1.82) is 0 Å². The molecule has 1 atom stereocenters. The van der Waals surface area contributed by atoms with Crippen molar-refractivity contribution in [1.82, 2.24) is 15.0 Å². The average molecular weight is 338 g/mol. The predicted octanol–water partition coefficient (Wildman–Crippen LogP) is 2.21. The Morgan fingerprint density at radius 1 is 1.20 bits per heavy atom. The molecule has 0 aliphatic rings. The summed E-state index contributed by atoms with van der Waals surface area (Å²) in [6.07, 6.45) is 3.94. The van der Waals surface area contributed by atoms with E-state index in [-0.39, 0.29) is 12.3 Å². The number of carbonyl (C=O) groups excluding carboxylic acids is 2. The number of ether oxygens (including phenoxy) is 1. The third-order valence-corrected chi connectivity index (χ3v) is 3.79. The van der Waals surface area contributed by atoms with E-state index in [4.69, 9.17) is 4.74 Å². The number of esters is 1. The van der Waals surface area contributed by atoms with Crippen molar-refractivity contribution in [3.05, 3.63) is 54.5 Å².